The second-order valence-corrected chi connectivity index (χ2v) is 3.58. The molecule has 1 heterocycles. The van der Waals surface area contributed by atoms with Crippen molar-refractivity contribution in [1.82, 2.24) is 9.98 Å². The van der Waals surface area contributed by atoms with E-state index in [2.05, 4.69) is 0 Å². The largest absolute Gasteiger partial charge is 0.506 e. The minimum Gasteiger partial charge on any atom is -0.506 e. The van der Waals surface area contributed by atoms with Crippen LogP contribution in [0.3, 0.4) is 0 Å². The van der Waals surface area contributed by atoms with Crippen molar-refractivity contribution in [3.63, 3.8) is 0 Å². The molecule has 2 rings (SSSR count). The van der Waals surface area contributed by atoms with Gasteiger partial charge in [-0.1, -0.05) is 12.1 Å². The zero-order valence-electron chi connectivity index (χ0n) is 8.87. The Morgan fingerprint density at radius 2 is 2.00 bits per heavy atom. The highest BCUT2D eigenvalue weighted by molar-refractivity contribution is 5.55. The number of phenolic OH excluding ortho intramolecular Hbond substituents is 1. The van der Waals surface area contributed by atoms with Crippen LogP contribution >= 0.6 is 0 Å². The molecule has 0 spiro atoms. The molecule has 2 aromatic rings. The first-order valence-corrected chi connectivity index (χ1v) is 5.23. The van der Waals surface area contributed by atoms with Gasteiger partial charge in [-0.05, 0) is 37.1 Å². The van der Waals surface area contributed by atoms with Gasteiger partial charge in [0.15, 0.2) is 0 Å². The first-order chi connectivity index (χ1) is 7.83. The first kappa shape index (κ1) is 10.5. The van der Waals surface area contributed by atoms with Gasteiger partial charge in [-0.2, -0.15) is 5.41 Å². The van der Waals surface area contributed by atoms with E-state index in [0.29, 0.717) is 6.42 Å². The Bertz CT molecular complexity index is 488. The lowest BCUT2D eigenvalue weighted by atomic mass is 10.2. The van der Waals surface area contributed by atoms with Gasteiger partial charge in [-0.3, -0.25) is 0 Å². The van der Waals surface area contributed by atoms with Crippen LogP contribution in [0.25, 0.3) is 5.69 Å². The monoisotopic (exact) mass is 213 g/mol. The number of nitrogens with zero attached hydrogens (tertiary/aromatic N) is 2. The quantitative estimate of drug-likeness (QED) is 0.776. The van der Waals surface area contributed by atoms with E-state index >= 15 is 0 Å². The molecule has 0 aliphatic rings. The third-order valence-electron chi connectivity index (χ3n) is 2.50. The average Bonchev–Trinajstić information content (AvgIpc) is 2.75. The summed E-state index contributed by atoms with van der Waals surface area (Å²) in [7, 11) is 0. The Balaban J connectivity index is 2.37. The maximum absolute atomic E-state index is 9.75. The zero-order valence-corrected chi connectivity index (χ0v) is 8.87. The molecule has 16 heavy (non-hydrogen) atoms. The van der Waals surface area contributed by atoms with E-state index in [1.807, 2.05) is 35.0 Å². The van der Waals surface area contributed by atoms with Crippen molar-refractivity contribution in [3.8, 4) is 11.4 Å². The van der Waals surface area contributed by atoms with E-state index in [0.717, 1.165) is 24.0 Å². The molecule has 0 aliphatic heterocycles. The highest BCUT2D eigenvalue weighted by atomic mass is 16.3. The summed E-state index contributed by atoms with van der Waals surface area (Å²) in [5.41, 5.74) is 1.83. The molecular weight excluding hydrogens is 200 g/mol. The predicted octanol–water partition coefficient (Wildman–Crippen LogP) is 1.99. The van der Waals surface area contributed by atoms with Gasteiger partial charge in [-0.15, -0.1) is 0 Å². The molecule has 0 bridgehead atoms. The number of hydrogen-bond donors (Lipinski definition) is 1. The van der Waals surface area contributed by atoms with Gasteiger partial charge < -0.3 is 9.67 Å². The summed E-state index contributed by atoms with van der Waals surface area (Å²) >= 11 is 0. The van der Waals surface area contributed by atoms with Crippen LogP contribution in [-0.2, 0) is 6.42 Å². The third-order valence-corrected chi connectivity index (χ3v) is 2.50. The standard InChI is InChI=1S/C13H13N2O/c14-9-3-5-11-6-4-10-15(11)12-7-1-2-8-13(12)16/h1-2,4,6-10,16H,3,5H2. The summed E-state index contributed by atoms with van der Waals surface area (Å²) in [6.07, 6.45) is 4.42. The second-order valence-electron chi connectivity index (χ2n) is 3.58. The molecule has 0 fully saturated rings. The topological polar surface area (TPSA) is 47.5 Å². The molecule has 0 unspecified atom stereocenters. The normalized spacial score (nSPS) is 10.2. The Labute approximate surface area is 94.5 Å². The smallest absolute Gasteiger partial charge is 0.139 e. The summed E-state index contributed by atoms with van der Waals surface area (Å²) in [6.45, 7) is 0. The SMILES string of the molecule is [N]=CCCc1cccn1-c1ccccc1O. The second kappa shape index (κ2) is 4.66. The molecule has 0 saturated heterocycles. The molecule has 1 aromatic heterocycles. The zero-order chi connectivity index (χ0) is 11.4. The average molecular weight is 213 g/mol. The maximum atomic E-state index is 9.75. The number of hydrogen-bond acceptors (Lipinski definition) is 1. The van der Waals surface area contributed by atoms with Gasteiger partial charge in [0.05, 0.1) is 5.69 Å². The van der Waals surface area contributed by atoms with Gasteiger partial charge >= 0.3 is 0 Å². The van der Waals surface area contributed by atoms with Crippen LogP contribution in [0.2, 0.25) is 0 Å². The predicted molar refractivity (Wildman–Crippen MR) is 64.0 cm³/mol. The van der Waals surface area contributed by atoms with Crippen molar-refractivity contribution >= 4 is 6.21 Å². The van der Waals surface area contributed by atoms with Crippen LogP contribution in [-0.4, -0.2) is 15.9 Å². The van der Waals surface area contributed by atoms with Crippen LogP contribution in [0.4, 0.5) is 0 Å². The maximum Gasteiger partial charge on any atom is 0.139 e. The molecule has 3 heteroatoms. The van der Waals surface area contributed by atoms with E-state index in [9.17, 15) is 5.11 Å². The van der Waals surface area contributed by atoms with Gasteiger partial charge in [0.1, 0.15) is 5.75 Å². The molecule has 1 N–H and O–H groups in total. The van der Waals surface area contributed by atoms with E-state index in [1.54, 1.807) is 12.1 Å². The summed E-state index contributed by atoms with van der Waals surface area (Å²) in [5.74, 6) is 0.257. The Morgan fingerprint density at radius 3 is 2.75 bits per heavy atom. The number of rotatable bonds is 4. The highest BCUT2D eigenvalue weighted by Crippen LogP contribution is 2.23. The molecular formula is C13H13N2O. The fourth-order valence-corrected chi connectivity index (χ4v) is 1.74. The van der Waals surface area contributed by atoms with Crippen LogP contribution < -0.4 is 5.41 Å². The Kier molecular flexibility index (Phi) is 3.05. The summed E-state index contributed by atoms with van der Waals surface area (Å²) in [6, 6.07) is 11.1. The third kappa shape index (κ3) is 1.98. The Hall–Kier alpha value is -2.03. The van der Waals surface area contributed by atoms with E-state index in [1.165, 1.54) is 0 Å². The van der Waals surface area contributed by atoms with Crippen molar-refractivity contribution < 1.29 is 5.11 Å². The van der Waals surface area contributed by atoms with Gasteiger partial charge in [-0.25, -0.2) is 0 Å². The van der Waals surface area contributed by atoms with E-state index in [-0.39, 0.29) is 5.75 Å². The number of aromatic hydroxyl groups is 1. The molecule has 3 nitrogen and oxygen atoms in total. The van der Waals surface area contributed by atoms with Gasteiger partial charge in [0.2, 0.25) is 0 Å². The number of aryl methyl sites for hydroxylation is 1. The van der Waals surface area contributed by atoms with Crippen LogP contribution in [0.5, 0.6) is 5.75 Å². The van der Waals surface area contributed by atoms with Crippen molar-refractivity contribution in [1.29, 1.82) is 0 Å². The molecule has 1 radical (unpaired) electrons. The summed E-state index contributed by atoms with van der Waals surface area (Å²) in [5, 5.41) is 18.5. The van der Waals surface area contributed by atoms with Crippen LogP contribution in [0.15, 0.2) is 42.6 Å². The molecule has 81 valence electrons. The van der Waals surface area contributed by atoms with E-state index in [4.69, 9.17) is 5.41 Å². The van der Waals surface area contributed by atoms with Crippen molar-refractivity contribution in [3.05, 3.63) is 48.3 Å². The van der Waals surface area contributed by atoms with Crippen LogP contribution in [0.1, 0.15) is 12.1 Å². The number of para-hydroxylation sites is 2. The van der Waals surface area contributed by atoms with Crippen LogP contribution in [0, 0.1) is 0 Å². The molecule has 0 amide bonds. The summed E-state index contributed by atoms with van der Waals surface area (Å²) < 4.78 is 1.93. The fraction of sp³-hybridized carbons (Fsp3) is 0.154. The number of benzene rings is 1. The van der Waals surface area contributed by atoms with Crippen molar-refractivity contribution in [2.75, 3.05) is 0 Å². The first-order valence-electron chi connectivity index (χ1n) is 5.23. The molecule has 0 saturated carbocycles. The van der Waals surface area contributed by atoms with Crippen molar-refractivity contribution in [2.24, 2.45) is 0 Å². The molecule has 0 aliphatic carbocycles. The van der Waals surface area contributed by atoms with Crippen molar-refractivity contribution in [2.45, 2.75) is 12.8 Å². The Morgan fingerprint density at radius 1 is 1.19 bits per heavy atom. The number of aromatic nitrogens is 1. The lowest BCUT2D eigenvalue weighted by molar-refractivity contribution is 0.472. The molecule has 0 atom stereocenters. The minimum atomic E-state index is 0.257. The highest BCUT2D eigenvalue weighted by Gasteiger charge is 2.05. The lowest BCUT2D eigenvalue weighted by Gasteiger charge is -2.09. The summed E-state index contributed by atoms with van der Waals surface area (Å²) in [4.78, 5) is 0. The lowest BCUT2D eigenvalue weighted by Crippen LogP contribution is -1.99. The number of phenols is 1. The van der Waals surface area contributed by atoms with E-state index < -0.39 is 0 Å². The van der Waals surface area contributed by atoms with Gasteiger partial charge in [0.25, 0.3) is 0 Å². The molecule has 1 aromatic carbocycles. The minimum absolute atomic E-state index is 0.257. The van der Waals surface area contributed by atoms with Gasteiger partial charge in [0, 0.05) is 18.1 Å². The fourth-order valence-electron chi connectivity index (χ4n) is 1.74.